The zero-order valence-corrected chi connectivity index (χ0v) is 12.3. The molecule has 2 aromatic rings. The van der Waals surface area contributed by atoms with Crippen LogP contribution in [0.25, 0.3) is 0 Å². The highest BCUT2D eigenvalue weighted by molar-refractivity contribution is 6.29. The van der Waals surface area contributed by atoms with Crippen molar-refractivity contribution in [3.63, 3.8) is 0 Å². The molecule has 6 heteroatoms. The van der Waals surface area contributed by atoms with Crippen molar-refractivity contribution >= 4 is 29.0 Å². The Bertz CT molecular complexity index is 618. The number of halogens is 1. The fraction of sp³-hybridized carbons (Fsp3) is 0.333. The molecule has 1 N–H and O–H groups in total. The quantitative estimate of drug-likeness (QED) is 0.942. The largest absolute Gasteiger partial charge is 0.440 e. The van der Waals surface area contributed by atoms with Crippen LogP contribution in [-0.2, 0) is 0 Å². The van der Waals surface area contributed by atoms with Crippen LogP contribution in [0.2, 0.25) is 5.22 Å². The summed E-state index contributed by atoms with van der Waals surface area (Å²) in [6, 6.07) is 6.84. The topological polar surface area (TPSA) is 58.4 Å². The number of aromatic nitrogens is 1. The van der Waals surface area contributed by atoms with Crippen molar-refractivity contribution in [1.29, 1.82) is 0 Å². The number of nitrogens with one attached hydrogen (secondary N) is 1. The minimum atomic E-state index is -0.338. The maximum atomic E-state index is 11.9. The van der Waals surface area contributed by atoms with Crippen LogP contribution in [0.15, 0.2) is 34.9 Å². The molecule has 1 aliphatic rings. The molecule has 1 fully saturated rings. The van der Waals surface area contributed by atoms with E-state index in [2.05, 4.69) is 15.2 Å². The molecule has 0 aliphatic carbocycles. The van der Waals surface area contributed by atoms with Gasteiger partial charge in [0, 0.05) is 13.1 Å². The maximum absolute atomic E-state index is 11.9. The molecule has 0 atom stereocenters. The van der Waals surface area contributed by atoms with Crippen LogP contribution in [0.4, 0.5) is 11.5 Å². The van der Waals surface area contributed by atoms with E-state index in [1.807, 2.05) is 12.1 Å². The zero-order chi connectivity index (χ0) is 14.7. The van der Waals surface area contributed by atoms with Gasteiger partial charge >= 0.3 is 0 Å². The van der Waals surface area contributed by atoms with Gasteiger partial charge < -0.3 is 14.6 Å². The summed E-state index contributed by atoms with van der Waals surface area (Å²) in [6.45, 7) is 2.09. The Balaban J connectivity index is 1.65. The van der Waals surface area contributed by atoms with E-state index < -0.39 is 0 Å². The Kier molecular flexibility index (Phi) is 4.10. The summed E-state index contributed by atoms with van der Waals surface area (Å²) >= 11 is 5.65. The van der Waals surface area contributed by atoms with E-state index >= 15 is 0 Å². The third-order valence-electron chi connectivity index (χ3n) is 3.48. The normalized spacial score (nSPS) is 15.0. The molecule has 3 rings (SSSR count). The van der Waals surface area contributed by atoms with E-state index in [9.17, 15) is 4.79 Å². The lowest BCUT2D eigenvalue weighted by atomic mass is 10.1. The molecule has 0 bridgehead atoms. The Labute approximate surface area is 127 Å². The Morgan fingerprint density at radius 1 is 1.19 bits per heavy atom. The van der Waals surface area contributed by atoms with Gasteiger partial charge in [-0.05, 0) is 55.1 Å². The van der Waals surface area contributed by atoms with Crippen LogP contribution >= 0.6 is 11.6 Å². The van der Waals surface area contributed by atoms with Crippen LogP contribution in [0.3, 0.4) is 0 Å². The van der Waals surface area contributed by atoms with Crippen LogP contribution in [0, 0.1) is 0 Å². The van der Waals surface area contributed by atoms with Crippen LogP contribution in [-0.4, -0.2) is 24.0 Å². The Hall–Kier alpha value is -2.01. The number of hydrogen-bond acceptors (Lipinski definition) is 4. The molecule has 0 unspecified atom stereocenters. The average Bonchev–Trinajstić information content (AvgIpc) is 2.96. The first-order chi connectivity index (χ1) is 10.2. The molecule has 1 aliphatic heterocycles. The monoisotopic (exact) mass is 305 g/mol. The Morgan fingerprint density at radius 3 is 2.62 bits per heavy atom. The fourth-order valence-electron chi connectivity index (χ4n) is 2.40. The average molecular weight is 306 g/mol. The number of piperidine rings is 1. The number of rotatable bonds is 3. The van der Waals surface area contributed by atoms with E-state index in [1.165, 1.54) is 31.4 Å². The van der Waals surface area contributed by atoms with Gasteiger partial charge in [-0.1, -0.05) is 0 Å². The summed E-state index contributed by atoms with van der Waals surface area (Å²) in [5, 5.41) is 2.92. The SMILES string of the molecule is O=C(Nc1ccc(N2CCCCC2)nc1)c1ccc(Cl)o1. The standard InChI is InChI=1S/C15H16ClN3O2/c16-13-6-5-12(21-13)15(20)18-11-4-7-14(17-10-11)19-8-2-1-3-9-19/h4-7,10H,1-3,8-9H2,(H,18,20). The second-order valence-corrected chi connectivity index (χ2v) is 5.38. The predicted molar refractivity (Wildman–Crippen MR) is 82.0 cm³/mol. The number of carbonyl (C=O) groups is 1. The minimum absolute atomic E-state index is 0.181. The van der Waals surface area contributed by atoms with E-state index in [4.69, 9.17) is 16.0 Å². The van der Waals surface area contributed by atoms with Crippen molar-refractivity contribution in [2.24, 2.45) is 0 Å². The predicted octanol–water partition coefficient (Wildman–Crippen LogP) is 3.57. The first-order valence-electron chi connectivity index (χ1n) is 7.00. The van der Waals surface area contributed by atoms with Gasteiger partial charge in [0.25, 0.3) is 5.91 Å². The lowest BCUT2D eigenvalue weighted by molar-refractivity contribution is 0.0996. The molecule has 0 aromatic carbocycles. The second-order valence-electron chi connectivity index (χ2n) is 5.01. The van der Waals surface area contributed by atoms with Gasteiger partial charge in [0.15, 0.2) is 11.0 Å². The molecule has 2 aromatic heterocycles. The molecule has 5 nitrogen and oxygen atoms in total. The minimum Gasteiger partial charge on any atom is -0.440 e. The van der Waals surface area contributed by atoms with E-state index in [0.29, 0.717) is 5.69 Å². The van der Waals surface area contributed by atoms with Crippen molar-refractivity contribution in [3.05, 3.63) is 41.4 Å². The maximum Gasteiger partial charge on any atom is 0.291 e. The molecule has 1 amide bonds. The van der Waals surface area contributed by atoms with Crippen molar-refractivity contribution in [2.45, 2.75) is 19.3 Å². The summed E-state index contributed by atoms with van der Waals surface area (Å²) in [4.78, 5) is 18.6. The van der Waals surface area contributed by atoms with Gasteiger partial charge in [-0.15, -0.1) is 0 Å². The van der Waals surface area contributed by atoms with Crippen LogP contribution in [0.5, 0.6) is 0 Å². The first-order valence-corrected chi connectivity index (χ1v) is 7.38. The molecule has 110 valence electrons. The molecular formula is C15H16ClN3O2. The van der Waals surface area contributed by atoms with Gasteiger partial charge in [0.05, 0.1) is 11.9 Å². The molecule has 21 heavy (non-hydrogen) atoms. The van der Waals surface area contributed by atoms with Gasteiger partial charge in [-0.2, -0.15) is 0 Å². The Morgan fingerprint density at radius 2 is 2.00 bits per heavy atom. The highest BCUT2D eigenvalue weighted by atomic mass is 35.5. The number of pyridine rings is 1. The number of amides is 1. The van der Waals surface area contributed by atoms with Crippen molar-refractivity contribution in [1.82, 2.24) is 4.98 Å². The number of nitrogens with zero attached hydrogens (tertiary/aromatic N) is 2. The fourth-order valence-corrected chi connectivity index (χ4v) is 2.55. The summed E-state index contributed by atoms with van der Waals surface area (Å²) in [7, 11) is 0. The molecule has 1 saturated heterocycles. The van der Waals surface area contributed by atoms with Crippen molar-refractivity contribution in [3.8, 4) is 0 Å². The van der Waals surface area contributed by atoms with E-state index in [0.717, 1.165) is 18.9 Å². The smallest absolute Gasteiger partial charge is 0.291 e. The zero-order valence-electron chi connectivity index (χ0n) is 11.5. The number of anilines is 2. The third kappa shape index (κ3) is 3.36. The number of hydrogen-bond donors (Lipinski definition) is 1. The number of carbonyl (C=O) groups excluding carboxylic acids is 1. The van der Waals surface area contributed by atoms with Gasteiger partial charge in [-0.25, -0.2) is 4.98 Å². The molecule has 0 radical (unpaired) electrons. The highest BCUT2D eigenvalue weighted by Crippen LogP contribution is 2.20. The lowest BCUT2D eigenvalue weighted by Crippen LogP contribution is -2.30. The summed E-state index contributed by atoms with van der Waals surface area (Å²) in [5.74, 6) is 0.795. The van der Waals surface area contributed by atoms with Gasteiger partial charge in [-0.3, -0.25) is 4.79 Å². The lowest BCUT2D eigenvalue weighted by Gasteiger charge is -2.27. The third-order valence-corrected chi connectivity index (χ3v) is 3.69. The summed E-state index contributed by atoms with van der Waals surface area (Å²) in [6.07, 6.45) is 5.36. The summed E-state index contributed by atoms with van der Waals surface area (Å²) < 4.78 is 5.06. The van der Waals surface area contributed by atoms with Crippen LogP contribution in [0.1, 0.15) is 29.8 Å². The number of furan rings is 1. The molecular weight excluding hydrogens is 290 g/mol. The van der Waals surface area contributed by atoms with Crippen LogP contribution < -0.4 is 10.2 Å². The highest BCUT2D eigenvalue weighted by Gasteiger charge is 2.13. The van der Waals surface area contributed by atoms with E-state index in [-0.39, 0.29) is 16.9 Å². The van der Waals surface area contributed by atoms with Crippen molar-refractivity contribution < 1.29 is 9.21 Å². The summed E-state index contributed by atoms with van der Waals surface area (Å²) in [5.41, 5.74) is 0.633. The molecule has 3 heterocycles. The van der Waals surface area contributed by atoms with Gasteiger partial charge in [0.1, 0.15) is 5.82 Å². The molecule has 0 saturated carbocycles. The second kappa shape index (κ2) is 6.18. The first kappa shape index (κ1) is 13.9. The van der Waals surface area contributed by atoms with E-state index in [1.54, 1.807) is 6.20 Å². The van der Waals surface area contributed by atoms with Crippen molar-refractivity contribution in [2.75, 3.05) is 23.3 Å². The van der Waals surface area contributed by atoms with Gasteiger partial charge in [0.2, 0.25) is 0 Å². The molecule has 0 spiro atoms.